The van der Waals surface area contributed by atoms with Crippen LogP contribution in [0.5, 0.6) is 5.88 Å². The van der Waals surface area contributed by atoms with Crippen molar-refractivity contribution in [2.75, 3.05) is 13.1 Å². The molecule has 23 heavy (non-hydrogen) atoms. The number of hydrogen-bond acceptors (Lipinski definition) is 5. The molecule has 2 heterocycles. The van der Waals surface area contributed by atoms with Gasteiger partial charge in [-0.15, -0.1) is 0 Å². The Labute approximate surface area is 132 Å². The number of nitro groups is 1. The molecule has 1 aromatic heterocycles. The van der Waals surface area contributed by atoms with Crippen molar-refractivity contribution < 1.29 is 14.5 Å². The predicted octanol–water partition coefficient (Wildman–Crippen LogP) is 2.20. The molecule has 0 aliphatic carbocycles. The first kappa shape index (κ1) is 15.0. The van der Waals surface area contributed by atoms with Crippen LogP contribution in [0.2, 0.25) is 0 Å². The van der Waals surface area contributed by atoms with Crippen molar-refractivity contribution in [3.05, 3.63) is 63.8 Å². The van der Waals surface area contributed by atoms with Crippen molar-refractivity contribution in [3.8, 4) is 5.88 Å². The Morgan fingerprint density at radius 1 is 1.30 bits per heavy atom. The Balaban J connectivity index is 1.65. The molecular formula is C16H15N3O4. The molecule has 0 unspecified atom stereocenters. The number of rotatable bonds is 4. The van der Waals surface area contributed by atoms with Crippen LogP contribution >= 0.6 is 0 Å². The molecule has 0 bridgehead atoms. The lowest BCUT2D eigenvalue weighted by Crippen LogP contribution is -2.56. The molecule has 7 nitrogen and oxygen atoms in total. The molecule has 1 fully saturated rings. The highest BCUT2D eigenvalue weighted by Crippen LogP contribution is 2.24. The second kappa shape index (κ2) is 6.04. The van der Waals surface area contributed by atoms with Gasteiger partial charge in [0.1, 0.15) is 6.10 Å². The monoisotopic (exact) mass is 313 g/mol. The standard InChI is InChI=1S/C16H15N3O4/c1-11-13(5-4-6-14(11)19(21)22)16(20)18-9-12(10-18)23-15-7-2-3-8-17-15/h2-8,12H,9-10H2,1H3. The summed E-state index contributed by atoms with van der Waals surface area (Å²) in [5.41, 5.74) is 0.699. The second-order valence-corrected chi connectivity index (χ2v) is 5.32. The molecule has 118 valence electrons. The quantitative estimate of drug-likeness (QED) is 0.638. The lowest BCUT2D eigenvalue weighted by molar-refractivity contribution is -0.385. The van der Waals surface area contributed by atoms with Gasteiger partial charge in [-0.05, 0) is 19.1 Å². The van der Waals surface area contributed by atoms with Crippen molar-refractivity contribution >= 4 is 11.6 Å². The van der Waals surface area contributed by atoms with Crippen LogP contribution in [0.1, 0.15) is 15.9 Å². The maximum absolute atomic E-state index is 12.5. The van der Waals surface area contributed by atoms with Crippen LogP contribution in [0.25, 0.3) is 0 Å². The zero-order valence-electron chi connectivity index (χ0n) is 12.5. The molecule has 0 saturated carbocycles. The molecule has 1 aliphatic rings. The van der Waals surface area contributed by atoms with Crippen LogP contribution in [-0.2, 0) is 0 Å². The van der Waals surface area contributed by atoms with Crippen molar-refractivity contribution in [2.45, 2.75) is 13.0 Å². The Kier molecular flexibility index (Phi) is 3.92. The van der Waals surface area contributed by atoms with E-state index in [-0.39, 0.29) is 17.7 Å². The van der Waals surface area contributed by atoms with E-state index in [2.05, 4.69) is 4.98 Å². The molecule has 0 spiro atoms. The normalized spacial score (nSPS) is 14.2. The van der Waals surface area contributed by atoms with Gasteiger partial charge >= 0.3 is 0 Å². The van der Waals surface area contributed by atoms with Gasteiger partial charge in [0.05, 0.1) is 18.0 Å². The number of carbonyl (C=O) groups excluding carboxylic acids is 1. The summed E-state index contributed by atoms with van der Waals surface area (Å²) < 4.78 is 5.65. The summed E-state index contributed by atoms with van der Waals surface area (Å²) in [4.78, 5) is 28.6. The smallest absolute Gasteiger partial charge is 0.273 e. The molecule has 7 heteroatoms. The lowest BCUT2D eigenvalue weighted by Gasteiger charge is -2.38. The molecule has 2 aromatic rings. The van der Waals surface area contributed by atoms with E-state index in [1.165, 1.54) is 12.1 Å². The average molecular weight is 313 g/mol. The van der Waals surface area contributed by atoms with Crippen LogP contribution < -0.4 is 4.74 Å². The second-order valence-electron chi connectivity index (χ2n) is 5.32. The minimum atomic E-state index is -0.477. The van der Waals surface area contributed by atoms with Gasteiger partial charge in [0, 0.05) is 29.5 Å². The molecule has 1 aliphatic heterocycles. The number of aromatic nitrogens is 1. The molecule has 0 N–H and O–H groups in total. The van der Waals surface area contributed by atoms with Gasteiger partial charge in [-0.1, -0.05) is 12.1 Å². The average Bonchev–Trinajstić information content (AvgIpc) is 2.51. The van der Waals surface area contributed by atoms with Gasteiger partial charge in [0.15, 0.2) is 0 Å². The third kappa shape index (κ3) is 2.98. The first-order valence-electron chi connectivity index (χ1n) is 7.17. The maximum atomic E-state index is 12.5. The summed E-state index contributed by atoms with van der Waals surface area (Å²) >= 11 is 0. The Hall–Kier alpha value is -2.96. The molecule has 0 atom stereocenters. The van der Waals surface area contributed by atoms with Crippen molar-refractivity contribution in [3.63, 3.8) is 0 Å². The number of hydrogen-bond donors (Lipinski definition) is 0. The SMILES string of the molecule is Cc1c(C(=O)N2CC(Oc3ccccn3)C2)cccc1[N+](=O)[O-]. The lowest BCUT2D eigenvalue weighted by atomic mass is 10.0. The minimum Gasteiger partial charge on any atom is -0.471 e. The van der Waals surface area contributed by atoms with Crippen LogP contribution in [0.15, 0.2) is 42.6 Å². The van der Waals surface area contributed by atoms with Gasteiger partial charge in [-0.2, -0.15) is 0 Å². The molecular weight excluding hydrogens is 298 g/mol. The van der Waals surface area contributed by atoms with E-state index >= 15 is 0 Å². The van der Waals surface area contributed by atoms with E-state index in [1.807, 2.05) is 6.07 Å². The van der Waals surface area contributed by atoms with E-state index in [4.69, 9.17) is 4.74 Å². The minimum absolute atomic E-state index is 0.0438. The van der Waals surface area contributed by atoms with Gasteiger partial charge in [-0.3, -0.25) is 14.9 Å². The summed E-state index contributed by atoms with van der Waals surface area (Å²) in [6.07, 6.45) is 1.54. The summed E-state index contributed by atoms with van der Waals surface area (Å²) in [5.74, 6) is 0.309. The molecule has 0 radical (unpaired) electrons. The Bertz CT molecular complexity index is 742. The Morgan fingerprint density at radius 3 is 2.74 bits per heavy atom. The number of nitro benzene ring substituents is 1. The van der Waals surface area contributed by atoms with E-state index in [9.17, 15) is 14.9 Å². The number of pyridine rings is 1. The van der Waals surface area contributed by atoms with Gasteiger partial charge in [0.25, 0.3) is 11.6 Å². The van der Waals surface area contributed by atoms with E-state index in [0.717, 1.165) is 0 Å². The van der Waals surface area contributed by atoms with Crippen LogP contribution in [0.3, 0.4) is 0 Å². The Morgan fingerprint density at radius 2 is 2.09 bits per heavy atom. The number of ether oxygens (including phenoxy) is 1. The number of carbonyl (C=O) groups is 1. The highest BCUT2D eigenvalue weighted by atomic mass is 16.6. The van der Waals surface area contributed by atoms with E-state index < -0.39 is 4.92 Å². The first-order chi connectivity index (χ1) is 11.1. The fourth-order valence-corrected chi connectivity index (χ4v) is 2.49. The number of likely N-dealkylation sites (tertiary alicyclic amines) is 1. The zero-order valence-corrected chi connectivity index (χ0v) is 12.5. The zero-order chi connectivity index (χ0) is 16.4. The third-order valence-corrected chi connectivity index (χ3v) is 3.79. The van der Waals surface area contributed by atoms with Crippen LogP contribution in [-0.4, -0.2) is 39.9 Å². The number of amides is 1. The summed E-state index contributed by atoms with van der Waals surface area (Å²) in [5, 5.41) is 11.0. The van der Waals surface area contributed by atoms with Gasteiger partial charge in [0.2, 0.25) is 5.88 Å². The summed E-state index contributed by atoms with van der Waals surface area (Å²) in [7, 11) is 0. The highest BCUT2D eigenvalue weighted by molar-refractivity contribution is 5.97. The maximum Gasteiger partial charge on any atom is 0.273 e. The molecule has 3 rings (SSSR count). The van der Waals surface area contributed by atoms with Gasteiger partial charge in [-0.25, -0.2) is 4.98 Å². The fraction of sp³-hybridized carbons (Fsp3) is 0.250. The van der Waals surface area contributed by atoms with Crippen molar-refractivity contribution in [1.29, 1.82) is 0 Å². The van der Waals surface area contributed by atoms with Crippen LogP contribution in [0.4, 0.5) is 5.69 Å². The molecule has 1 amide bonds. The topological polar surface area (TPSA) is 85.6 Å². The predicted molar refractivity (Wildman–Crippen MR) is 82.4 cm³/mol. The molecule has 1 saturated heterocycles. The summed E-state index contributed by atoms with van der Waals surface area (Å²) in [6.45, 7) is 2.47. The van der Waals surface area contributed by atoms with Crippen molar-refractivity contribution in [1.82, 2.24) is 9.88 Å². The number of nitrogens with zero attached hydrogens (tertiary/aromatic N) is 3. The van der Waals surface area contributed by atoms with Crippen LogP contribution in [0, 0.1) is 17.0 Å². The third-order valence-electron chi connectivity index (χ3n) is 3.79. The highest BCUT2D eigenvalue weighted by Gasteiger charge is 2.34. The van der Waals surface area contributed by atoms with E-state index in [1.54, 1.807) is 36.2 Å². The van der Waals surface area contributed by atoms with Crippen molar-refractivity contribution in [2.24, 2.45) is 0 Å². The first-order valence-corrected chi connectivity index (χ1v) is 7.17. The summed E-state index contributed by atoms with van der Waals surface area (Å²) in [6, 6.07) is 9.92. The fourth-order valence-electron chi connectivity index (χ4n) is 2.49. The number of benzene rings is 1. The van der Waals surface area contributed by atoms with Gasteiger partial charge < -0.3 is 9.64 Å². The largest absolute Gasteiger partial charge is 0.471 e. The molecule has 1 aromatic carbocycles. The van der Waals surface area contributed by atoms with E-state index in [0.29, 0.717) is 30.1 Å².